The summed E-state index contributed by atoms with van der Waals surface area (Å²) in [6, 6.07) is 54.8. The Balaban J connectivity index is 1.31. The summed E-state index contributed by atoms with van der Waals surface area (Å²) in [7, 11) is 1.36. The van der Waals surface area contributed by atoms with Crippen LogP contribution >= 0.6 is 0 Å². The lowest BCUT2D eigenvalue weighted by Gasteiger charge is -2.36. The number of unbranched alkanes of at least 4 members (excludes halogenated alkanes) is 1. The Labute approximate surface area is 350 Å². The topological polar surface area (TPSA) is 105 Å². The average molecular weight is 791 g/mol. The largest absolute Gasteiger partial charge is 0.465 e. The molecule has 0 radical (unpaired) electrons. The zero-order chi connectivity index (χ0) is 41.5. The molecule has 0 amide bonds. The zero-order valence-electron chi connectivity index (χ0n) is 34.0. The van der Waals surface area contributed by atoms with Gasteiger partial charge in [0.25, 0.3) is 5.56 Å². The van der Waals surface area contributed by atoms with Gasteiger partial charge in [-0.3, -0.25) is 9.36 Å². The molecule has 0 saturated carbocycles. The predicted molar refractivity (Wildman–Crippen MR) is 235 cm³/mol. The van der Waals surface area contributed by atoms with E-state index in [0.717, 1.165) is 63.0 Å². The molecule has 60 heavy (non-hydrogen) atoms. The summed E-state index contributed by atoms with van der Waals surface area (Å²) in [4.78, 5) is 31.8. The Kier molecular flexibility index (Phi) is 11.7. The number of tetrazole rings is 1. The van der Waals surface area contributed by atoms with Gasteiger partial charge in [0.05, 0.1) is 24.9 Å². The third kappa shape index (κ3) is 7.69. The maximum atomic E-state index is 14.7. The van der Waals surface area contributed by atoms with Gasteiger partial charge in [0.2, 0.25) is 0 Å². The highest BCUT2D eigenvalue weighted by atomic mass is 16.5. The molecule has 0 aliphatic carbocycles. The van der Waals surface area contributed by atoms with Crippen LogP contribution in [0.25, 0.3) is 22.5 Å². The van der Waals surface area contributed by atoms with Gasteiger partial charge in [-0.05, 0) is 87.3 Å². The minimum absolute atomic E-state index is 0.0829. The first-order valence-corrected chi connectivity index (χ1v) is 20.3. The molecule has 0 aliphatic rings. The molecule has 8 rings (SSSR count). The molecule has 0 N–H and O–H groups in total. The molecule has 0 aliphatic heterocycles. The molecule has 0 spiro atoms. The van der Waals surface area contributed by atoms with E-state index in [2.05, 4.69) is 78.9 Å². The van der Waals surface area contributed by atoms with Gasteiger partial charge in [-0.1, -0.05) is 159 Å². The summed E-state index contributed by atoms with van der Waals surface area (Å²) in [6.07, 6.45) is 2.93. The van der Waals surface area contributed by atoms with E-state index in [1.165, 1.54) is 7.11 Å². The van der Waals surface area contributed by atoms with Crippen LogP contribution in [-0.2, 0) is 29.7 Å². The van der Waals surface area contributed by atoms with Gasteiger partial charge in [-0.25, -0.2) is 14.5 Å². The van der Waals surface area contributed by atoms with Crippen molar-refractivity contribution in [2.75, 3.05) is 7.11 Å². The summed E-state index contributed by atoms with van der Waals surface area (Å²) >= 11 is 0. The Hall–Kier alpha value is -7.26. The molecule has 0 atom stereocenters. The van der Waals surface area contributed by atoms with Crippen LogP contribution in [0.1, 0.15) is 75.0 Å². The number of hydrogen-bond donors (Lipinski definition) is 0. The van der Waals surface area contributed by atoms with Crippen LogP contribution < -0.4 is 5.56 Å². The first kappa shape index (κ1) is 39.6. The lowest BCUT2D eigenvalue weighted by molar-refractivity contribution is 0.0600. The van der Waals surface area contributed by atoms with E-state index < -0.39 is 11.5 Å². The van der Waals surface area contributed by atoms with Gasteiger partial charge in [0.15, 0.2) is 5.82 Å². The molecule has 298 valence electrons. The number of nitrogens with zero attached hydrogens (tertiary/aromatic N) is 6. The normalized spacial score (nSPS) is 11.4. The minimum atomic E-state index is -0.955. The van der Waals surface area contributed by atoms with Crippen molar-refractivity contribution in [1.29, 1.82) is 0 Å². The van der Waals surface area contributed by atoms with Crippen LogP contribution in [0.15, 0.2) is 169 Å². The van der Waals surface area contributed by atoms with Crippen molar-refractivity contribution in [3.8, 4) is 22.5 Å². The van der Waals surface area contributed by atoms with Gasteiger partial charge in [0.1, 0.15) is 11.4 Å². The molecule has 0 unspecified atom stereocenters. The van der Waals surface area contributed by atoms with Gasteiger partial charge in [-0.2, -0.15) is 0 Å². The second-order valence-corrected chi connectivity index (χ2v) is 14.9. The number of benzene rings is 6. The quantitative estimate of drug-likeness (QED) is 0.0799. The molecule has 0 saturated heterocycles. The molecule has 6 aromatic carbocycles. The average Bonchev–Trinajstić information content (AvgIpc) is 3.80. The molecule has 2 heterocycles. The fourth-order valence-electron chi connectivity index (χ4n) is 8.16. The molecule has 9 heteroatoms. The lowest BCUT2D eigenvalue weighted by atomic mass is 9.76. The van der Waals surface area contributed by atoms with E-state index in [-0.39, 0.29) is 5.56 Å². The van der Waals surface area contributed by atoms with Crippen molar-refractivity contribution in [1.82, 2.24) is 29.8 Å². The van der Waals surface area contributed by atoms with Crippen LogP contribution in [0.2, 0.25) is 0 Å². The third-order valence-electron chi connectivity index (χ3n) is 11.2. The fourth-order valence-corrected chi connectivity index (χ4v) is 8.16. The first-order valence-electron chi connectivity index (χ1n) is 20.3. The lowest BCUT2D eigenvalue weighted by Crippen LogP contribution is -2.39. The third-order valence-corrected chi connectivity index (χ3v) is 11.2. The summed E-state index contributed by atoms with van der Waals surface area (Å²) in [5.74, 6) is 0.815. The number of aryl methyl sites for hydroxylation is 2. The maximum absolute atomic E-state index is 14.7. The Morgan fingerprint density at radius 3 is 1.83 bits per heavy atom. The number of hydrogen-bond acceptors (Lipinski definition) is 7. The molecule has 2 aromatic heterocycles. The molecule has 9 nitrogen and oxygen atoms in total. The summed E-state index contributed by atoms with van der Waals surface area (Å²) in [6.45, 7) is 4.34. The summed E-state index contributed by atoms with van der Waals surface area (Å²) in [5.41, 5.74) is 8.49. The van der Waals surface area contributed by atoms with E-state index in [1.807, 2.05) is 96.5 Å². The van der Waals surface area contributed by atoms with Crippen molar-refractivity contribution >= 4 is 5.97 Å². The molecular weight excluding hydrogens is 745 g/mol. The van der Waals surface area contributed by atoms with E-state index >= 15 is 0 Å². The summed E-state index contributed by atoms with van der Waals surface area (Å²) < 4.78 is 8.57. The zero-order valence-corrected chi connectivity index (χ0v) is 34.0. The summed E-state index contributed by atoms with van der Waals surface area (Å²) in [5, 5.41) is 14.1. The molecular formula is C51H46N6O3. The number of methoxy groups -OCH3 is 1. The number of carbonyl (C=O) groups excluding carboxylic acids is 1. The predicted octanol–water partition coefficient (Wildman–Crippen LogP) is 9.48. The van der Waals surface area contributed by atoms with Gasteiger partial charge < -0.3 is 4.74 Å². The second-order valence-electron chi connectivity index (χ2n) is 14.9. The Bertz CT molecular complexity index is 2670. The van der Waals surface area contributed by atoms with E-state index in [4.69, 9.17) is 20.0 Å². The van der Waals surface area contributed by atoms with Gasteiger partial charge in [0, 0.05) is 17.5 Å². The van der Waals surface area contributed by atoms with E-state index in [0.29, 0.717) is 42.2 Å². The van der Waals surface area contributed by atoms with Crippen molar-refractivity contribution in [3.63, 3.8) is 0 Å². The fraction of sp³-hybridized carbons (Fsp3) is 0.176. The van der Waals surface area contributed by atoms with Crippen LogP contribution in [-0.4, -0.2) is 42.8 Å². The SMILES string of the molecule is CCCCc1nc(C)n(Cc2ccc(C(=O)OC)cc2)c(=O)c1Cc1ccc(-c2ccccc2)c(-c2nnnn2C(c2ccccc2)(c2ccccc2)c2ccccc2)c1. The van der Waals surface area contributed by atoms with Crippen molar-refractivity contribution in [3.05, 3.63) is 225 Å². The molecule has 0 bridgehead atoms. The Morgan fingerprint density at radius 2 is 1.27 bits per heavy atom. The van der Waals surface area contributed by atoms with E-state index in [1.54, 1.807) is 16.7 Å². The first-order chi connectivity index (χ1) is 29.4. The van der Waals surface area contributed by atoms with Crippen LogP contribution in [0.5, 0.6) is 0 Å². The minimum Gasteiger partial charge on any atom is -0.465 e. The number of aromatic nitrogens is 6. The number of esters is 1. The second kappa shape index (κ2) is 17.7. The van der Waals surface area contributed by atoms with Crippen LogP contribution in [0.4, 0.5) is 0 Å². The Morgan fingerprint density at radius 1 is 0.700 bits per heavy atom. The molecule has 0 fully saturated rings. The number of rotatable bonds is 14. The standard InChI is InChI=1S/C51H46N6O3/c1-4-5-26-47-46(49(58)56(36(2)52-47)35-37-27-30-40(31-28-37)50(59)60-3)34-38-29-32-44(39-18-10-6-11-19-39)45(33-38)48-53-54-55-57(48)51(41-20-12-7-13-21-41,42-22-14-8-15-23-42)43-24-16-9-17-25-43/h6-25,27-33H,4-5,26,34-35H2,1-3H3. The maximum Gasteiger partial charge on any atom is 0.337 e. The van der Waals surface area contributed by atoms with Crippen LogP contribution in [0, 0.1) is 6.92 Å². The van der Waals surface area contributed by atoms with Gasteiger partial charge in [-0.15, -0.1) is 5.10 Å². The number of ether oxygens (including phenoxy) is 1. The highest BCUT2D eigenvalue weighted by Crippen LogP contribution is 2.43. The number of carbonyl (C=O) groups is 1. The smallest absolute Gasteiger partial charge is 0.337 e. The van der Waals surface area contributed by atoms with Crippen molar-refractivity contribution in [2.24, 2.45) is 0 Å². The van der Waals surface area contributed by atoms with Crippen LogP contribution in [0.3, 0.4) is 0 Å². The van der Waals surface area contributed by atoms with Crippen molar-refractivity contribution < 1.29 is 9.53 Å². The highest BCUT2D eigenvalue weighted by molar-refractivity contribution is 5.89. The van der Waals surface area contributed by atoms with Crippen molar-refractivity contribution in [2.45, 2.75) is 51.6 Å². The monoisotopic (exact) mass is 790 g/mol. The van der Waals surface area contributed by atoms with Gasteiger partial charge >= 0.3 is 5.97 Å². The molecule has 8 aromatic rings. The highest BCUT2D eigenvalue weighted by Gasteiger charge is 2.42. The van der Waals surface area contributed by atoms with E-state index in [9.17, 15) is 9.59 Å².